The Morgan fingerprint density at radius 3 is 2.46 bits per heavy atom. The number of aliphatic hydroxyl groups is 1. The fraction of sp³-hybridized carbons (Fsp3) is 0.429. The van der Waals surface area contributed by atoms with Gasteiger partial charge in [-0.05, 0) is 36.5 Å². The number of rotatable bonds is 9. The fourth-order valence-corrected chi connectivity index (χ4v) is 4.83. The number of aliphatic hydroxyl groups excluding tert-OH is 1. The molecule has 1 N–H and O–H groups in total. The van der Waals surface area contributed by atoms with Gasteiger partial charge in [0.1, 0.15) is 0 Å². The third-order valence-corrected chi connectivity index (χ3v) is 6.40. The highest BCUT2D eigenvalue weighted by atomic mass is 32.2. The number of hydrogen-bond acceptors (Lipinski definition) is 5. The average molecular weight is 406 g/mol. The lowest BCUT2D eigenvalue weighted by atomic mass is 10.1. The summed E-state index contributed by atoms with van der Waals surface area (Å²) in [6, 6.07) is 14.5. The summed E-state index contributed by atoms with van der Waals surface area (Å²) in [6.07, 6.45) is 0.444. The largest absolute Gasteiger partial charge is 0.454 e. The zero-order valence-corrected chi connectivity index (χ0v) is 17.1. The van der Waals surface area contributed by atoms with Crippen LogP contribution in [-0.4, -0.2) is 43.8 Å². The number of fused-ring (bicyclic) bond motifs is 1. The topological polar surface area (TPSA) is 76.1 Å². The van der Waals surface area contributed by atoms with Crippen LogP contribution in [0.5, 0.6) is 11.5 Å². The number of benzene rings is 2. The van der Waals surface area contributed by atoms with E-state index in [0.717, 1.165) is 5.56 Å². The molecule has 0 amide bonds. The number of nitrogens with zero attached hydrogens (tertiary/aromatic N) is 1. The maximum absolute atomic E-state index is 13.2. The Morgan fingerprint density at radius 2 is 1.75 bits per heavy atom. The Labute approximate surface area is 166 Å². The average Bonchev–Trinajstić information content (AvgIpc) is 3.14. The predicted molar refractivity (Wildman–Crippen MR) is 107 cm³/mol. The van der Waals surface area contributed by atoms with Crippen molar-refractivity contribution in [2.45, 2.75) is 37.7 Å². The lowest BCUT2D eigenvalue weighted by Gasteiger charge is -2.26. The normalized spacial score (nSPS) is 14.6. The van der Waals surface area contributed by atoms with Gasteiger partial charge in [-0.3, -0.25) is 0 Å². The van der Waals surface area contributed by atoms with Crippen LogP contribution in [0.3, 0.4) is 0 Å². The van der Waals surface area contributed by atoms with E-state index in [1.54, 1.807) is 6.07 Å². The number of sulfonamides is 1. The minimum Gasteiger partial charge on any atom is -0.454 e. The smallest absolute Gasteiger partial charge is 0.243 e. The summed E-state index contributed by atoms with van der Waals surface area (Å²) >= 11 is 0. The molecule has 0 bridgehead atoms. The van der Waals surface area contributed by atoms with E-state index in [1.165, 1.54) is 16.4 Å². The Balaban J connectivity index is 1.73. The molecule has 0 aliphatic carbocycles. The maximum Gasteiger partial charge on any atom is 0.243 e. The summed E-state index contributed by atoms with van der Waals surface area (Å²) in [7, 11) is -3.76. The second-order valence-electron chi connectivity index (χ2n) is 7.41. The van der Waals surface area contributed by atoms with Gasteiger partial charge in [0.05, 0.1) is 11.0 Å². The highest BCUT2D eigenvalue weighted by molar-refractivity contribution is 7.89. The first-order valence-electron chi connectivity index (χ1n) is 9.48. The molecule has 7 heteroatoms. The summed E-state index contributed by atoms with van der Waals surface area (Å²) < 4.78 is 38.3. The van der Waals surface area contributed by atoms with Gasteiger partial charge in [0.25, 0.3) is 0 Å². The van der Waals surface area contributed by atoms with E-state index in [0.29, 0.717) is 30.9 Å². The van der Waals surface area contributed by atoms with Crippen LogP contribution in [0.25, 0.3) is 0 Å². The molecule has 0 saturated heterocycles. The molecule has 152 valence electrons. The summed E-state index contributed by atoms with van der Waals surface area (Å²) in [5.74, 6) is 1.09. The van der Waals surface area contributed by atoms with E-state index in [2.05, 4.69) is 0 Å². The van der Waals surface area contributed by atoms with Crippen LogP contribution in [0, 0.1) is 5.92 Å². The highest BCUT2D eigenvalue weighted by Crippen LogP contribution is 2.34. The standard InChI is InChI=1S/C21H27NO5S/c1-16(2)13-22(14-18(23)9-8-17-6-4-3-5-7-17)28(24,25)19-10-11-20-21(12-19)27-15-26-20/h3-7,10-12,16,18,23H,8-9,13-15H2,1-2H3/t18-/m1/s1. The molecule has 1 heterocycles. The first-order chi connectivity index (χ1) is 13.4. The summed E-state index contributed by atoms with van der Waals surface area (Å²) in [6.45, 7) is 4.39. The van der Waals surface area contributed by atoms with Crippen LogP contribution in [-0.2, 0) is 16.4 Å². The van der Waals surface area contributed by atoms with Crippen molar-refractivity contribution < 1.29 is 23.0 Å². The second kappa shape index (κ2) is 8.94. The summed E-state index contributed by atoms with van der Waals surface area (Å²) in [4.78, 5) is 0.146. The molecule has 6 nitrogen and oxygen atoms in total. The predicted octanol–water partition coefficient (Wildman–Crippen LogP) is 3.06. The molecule has 2 aromatic rings. The van der Waals surface area contributed by atoms with Crippen molar-refractivity contribution in [3.05, 3.63) is 54.1 Å². The van der Waals surface area contributed by atoms with E-state index in [1.807, 2.05) is 44.2 Å². The van der Waals surface area contributed by atoms with Crippen LogP contribution in [0.1, 0.15) is 25.8 Å². The van der Waals surface area contributed by atoms with Crippen molar-refractivity contribution >= 4 is 10.0 Å². The van der Waals surface area contributed by atoms with Gasteiger partial charge in [-0.25, -0.2) is 8.42 Å². The van der Waals surface area contributed by atoms with E-state index in [9.17, 15) is 13.5 Å². The first-order valence-corrected chi connectivity index (χ1v) is 10.9. The summed E-state index contributed by atoms with van der Waals surface area (Å²) in [5.41, 5.74) is 1.12. The van der Waals surface area contributed by atoms with Crippen molar-refractivity contribution in [2.24, 2.45) is 5.92 Å². The molecular weight excluding hydrogens is 378 g/mol. The minimum absolute atomic E-state index is 0.0573. The summed E-state index contributed by atoms with van der Waals surface area (Å²) in [5, 5.41) is 10.5. The molecule has 28 heavy (non-hydrogen) atoms. The third-order valence-electron chi connectivity index (χ3n) is 4.57. The van der Waals surface area contributed by atoms with Gasteiger partial charge >= 0.3 is 0 Å². The Kier molecular flexibility index (Phi) is 6.59. The molecule has 1 aliphatic rings. The lowest BCUT2D eigenvalue weighted by molar-refractivity contribution is 0.133. The van der Waals surface area contributed by atoms with Crippen molar-refractivity contribution in [2.75, 3.05) is 19.9 Å². The molecule has 0 aromatic heterocycles. The molecule has 3 rings (SSSR count). The Morgan fingerprint density at radius 1 is 1.04 bits per heavy atom. The number of ether oxygens (including phenoxy) is 2. The quantitative estimate of drug-likeness (QED) is 0.694. The van der Waals surface area contributed by atoms with Gasteiger partial charge in [0, 0.05) is 19.2 Å². The van der Waals surface area contributed by atoms with E-state index >= 15 is 0 Å². The van der Waals surface area contributed by atoms with Gasteiger partial charge < -0.3 is 14.6 Å². The molecule has 0 spiro atoms. The van der Waals surface area contributed by atoms with E-state index < -0.39 is 16.1 Å². The van der Waals surface area contributed by atoms with Gasteiger partial charge in [-0.2, -0.15) is 4.31 Å². The fourth-order valence-electron chi connectivity index (χ4n) is 3.17. The molecule has 0 fully saturated rings. The second-order valence-corrected chi connectivity index (χ2v) is 9.35. The molecule has 0 saturated carbocycles. The highest BCUT2D eigenvalue weighted by Gasteiger charge is 2.29. The molecule has 0 radical (unpaired) electrons. The van der Waals surface area contributed by atoms with Crippen molar-refractivity contribution in [3.8, 4) is 11.5 Å². The van der Waals surface area contributed by atoms with Gasteiger partial charge in [0.15, 0.2) is 11.5 Å². The van der Waals surface area contributed by atoms with E-state index in [4.69, 9.17) is 9.47 Å². The van der Waals surface area contributed by atoms with Gasteiger partial charge in [-0.15, -0.1) is 0 Å². The number of aryl methyl sites for hydroxylation is 1. The Bertz CT molecular complexity index is 883. The Hall–Kier alpha value is -2.09. The zero-order chi connectivity index (χ0) is 20.1. The molecular formula is C21H27NO5S. The number of hydrogen-bond donors (Lipinski definition) is 1. The van der Waals surface area contributed by atoms with Gasteiger partial charge in [0.2, 0.25) is 16.8 Å². The van der Waals surface area contributed by atoms with Gasteiger partial charge in [-0.1, -0.05) is 44.2 Å². The minimum atomic E-state index is -3.76. The molecule has 0 unspecified atom stereocenters. The zero-order valence-electron chi connectivity index (χ0n) is 16.2. The van der Waals surface area contributed by atoms with Crippen molar-refractivity contribution in [1.82, 2.24) is 4.31 Å². The van der Waals surface area contributed by atoms with E-state index in [-0.39, 0.29) is 24.2 Å². The van der Waals surface area contributed by atoms with Crippen LogP contribution < -0.4 is 9.47 Å². The van der Waals surface area contributed by atoms with Crippen molar-refractivity contribution in [3.63, 3.8) is 0 Å². The first kappa shape index (κ1) is 20.6. The third kappa shape index (κ3) is 5.04. The maximum atomic E-state index is 13.2. The molecule has 1 atom stereocenters. The van der Waals surface area contributed by atoms with Crippen LogP contribution in [0.15, 0.2) is 53.4 Å². The van der Waals surface area contributed by atoms with Crippen LogP contribution in [0.2, 0.25) is 0 Å². The lowest BCUT2D eigenvalue weighted by Crippen LogP contribution is -2.40. The van der Waals surface area contributed by atoms with Crippen molar-refractivity contribution in [1.29, 1.82) is 0 Å². The molecule has 2 aromatic carbocycles. The monoisotopic (exact) mass is 405 g/mol. The van der Waals surface area contributed by atoms with Crippen LogP contribution >= 0.6 is 0 Å². The SMILES string of the molecule is CC(C)CN(C[C@H](O)CCc1ccccc1)S(=O)(=O)c1ccc2c(c1)OCO2. The molecule has 1 aliphatic heterocycles. The van der Waals surface area contributed by atoms with Crippen LogP contribution in [0.4, 0.5) is 0 Å².